The molecule has 1 amide bonds. The van der Waals surface area contributed by atoms with Gasteiger partial charge in [0.25, 0.3) is 0 Å². The molecular formula is C17H24N2O. The summed E-state index contributed by atoms with van der Waals surface area (Å²) in [6.45, 7) is 2.32. The van der Waals surface area contributed by atoms with Crippen molar-refractivity contribution in [2.24, 2.45) is 5.92 Å². The van der Waals surface area contributed by atoms with Crippen LogP contribution < -0.4 is 10.2 Å². The van der Waals surface area contributed by atoms with E-state index in [-0.39, 0.29) is 11.8 Å². The maximum atomic E-state index is 12.2. The molecule has 1 saturated heterocycles. The fraction of sp³-hybridized carbons (Fsp3) is 0.588. The molecule has 3 rings (SSSR count). The molecule has 0 spiro atoms. The Morgan fingerprint density at radius 2 is 1.60 bits per heavy atom. The van der Waals surface area contributed by atoms with Gasteiger partial charge in [0.2, 0.25) is 5.91 Å². The quantitative estimate of drug-likeness (QED) is 0.907. The third-order valence-corrected chi connectivity index (χ3v) is 4.58. The van der Waals surface area contributed by atoms with Crippen LogP contribution in [0.25, 0.3) is 0 Å². The predicted octanol–water partition coefficient (Wildman–Crippen LogP) is 3.81. The van der Waals surface area contributed by atoms with Crippen LogP contribution in [-0.4, -0.2) is 19.0 Å². The summed E-state index contributed by atoms with van der Waals surface area (Å²) in [5.74, 6) is 0.431. The molecule has 20 heavy (non-hydrogen) atoms. The van der Waals surface area contributed by atoms with E-state index in [1.165, 1.54) is 37.8 Å². The number of carbonyl (C=O) groups excluding carboxylic acids is 1. The van der Waals surface area contributed by atoms with Crippen LogP contribution in [-0.2, 0) is 4.79 Å². The van der Waals surface area contributed by atoms with Gasteiger partial charge in [0, 0.05) is 30.4 Å². The highest BCUT2D eigenvalue weighted by atomic mass is 16.1. The number of rotatable bonds is 3. The number of hydrogen-bond donors (Lipinski definition) is 1. The van der Waals surface area contributed by atoms with Gasteiger partial charge in [0.05, 0.1) is 0 Å². The fourth-order valence-electron chi connectivity index (χ4n) is 3.34. The second kappa shape index (κ2) is 6.29. The summed E-state index contributed by atoms with van der Waals surface area (Å²) in [5.41, 5.74) is 2.21. The number of benzene rings is 1. The Morgan fingerprint density at radius 3 is 2.25 bits per heavy atom. The zero-order valence-electron chi connectivity index (χ0n) is 12.1. The first-order valence-corrected chi connectivity index (χ1v) is 7.99. The standard InChI is InChI=1S/C17H24N2O/c20-17(14-6-2-1-3-7-14)18-15-8-10-16(11-9-15)19-12-4-5-13-19/h8-11,14H,1-7,12-13H2,(H,18,20). The Balaban J connectivity index is 1.58. The average molecular weight is 272 g/mol. The van der Waals surface area contributed by atoms with Crippen LogP contribution in [0.4, 0.5) is 11.4 Å². The Hall–Kier alpha value is -1.51. The first kappa shape index (κ1) is 13.5. The number of nitrogens with one attached hydrogen (secondary N) is 1. The van der Waals surface area contributed by atoms with Crippen LogP contribution in [0.1, 0.15) is 44.9 Å². The van der Waals surface area contributed by atoms with Gasteiger partial charge in [-0.2, -0.15) is 0 Å². The highest BCUT2D eigenvalue weighted by molar-refractivity contribution is 5.92. The summed E-state index contributed by atoms with van der Waals surface area (Å²) in [5, 5.41) is 3.07. The summed E-state index contributed by atoms with van der Waals surface area (Å²) >= 11 is 0. The van der Waals surface area contributed by atoms with Crippen molar-refractivity contribution in [2.75, 3.05) is 23.3 Å². The molecule has 108 valence electrons. The summed E-state index contributed by atoms with van der Waals surface area (Å²) in [4.78, 5) is 14.6. The smallest absolute Gasteiger partial charge is 0.227 e. The highest BCUT2D eigenvalue weighted by Gasteiger charge is 2.21. The minimum Gasteiger partial charge on any atom is -0.372 e. The van der Waals surface area contributed by atoms with Crippen molar-refractivity contribution in [3.05, 3.63) is 24.3 Å². The summed E-state index contributed by atoms with van der Waals surface area (Å²) in [6.07, 6.45) is 8.38. The summed E-state index contributed by atoms with van der Waals surface area (Å²) in [7, 11) is 0. The van der Waals surface area contributed by atoms with Gasteiger partial charge in [0.15, 0.2) is 0 Å². The highest BCUT2D eigenvalue weighted by Crippen LogP contribution is 2.26. The van der Waals surface area contributed by atoms with E-state index in [4.69, 9.17) is 0 Å². The van der Waals surface area contributed by atoms with Crippen molar-refractivity contribution < 1.29 is 4.79 Å². The third-order valence-electron chi connectivity index (χ3n) is 4.58. The van der Waals surface area contributed by atoms with E-state index in [1.54, 1.807) is 0 Å². The topological polar surface area (TPSA) is 32.3 Å². The second-order valence-corrected chi connectivity index (χ2v) is 6.07. The van der Waals surface area contributed by atoms with E-state index in [2.05, 4.69) is 22.3 Å². The molecule has 1 saturated carbocycles. The van der Waals surface area contributed by atoms with E-state index >= 15 is 0 Å². The number of hydrogen-bond acceptors (Lipinski definition) is 2. The van der Waals surface area contributed by atoms with Gasteiger partial charge in [-0.1, -0.05) is 19.3 Å². The average Bonchev–Trinajstić information content (AvgIpc) is 3.03. The molecule has 1 aromatic carbocycles. The first-order valence-electron chi connectivity index (χ1n) is 7.99. The van der Waals surface area contributed by atoms with Crippen molar-refractivity contribution in [3.63, 3.8) is 0 Å². The van der Waals surface area contributed by atoms with Crippen LogP contribution in [0.15, 0.2) is 24.3 Å². The van der Waals surface area contributed by atoms with E-state index in [0.29, 0.717) is 0 Å². The SMILES string of the molecule is O=C(Nc1ccc(N2CCCC2)cc1)C1CCCCC1. The van der Waals surface area contributed by atoms with Gasteiger partial charge in [-0.25, -0.2) is 0 Å². The Kier molecular flexibility index (Phi) is 4.24. The minimum atomic E-state index is 0.207. The zero-order valence-corrected chi connectivity index (χ0v) is 12.1. The lowest BCUT2D eigenvalue weighted by Gasteiger charge is -2.21. The lowest BCUT2D eigenvalue weighted by Crippen LogP contribution is -2.24. The summed E-state index contributed by atoms with van der Waals surface area (Å²) in [6, 6.07) is 8.33. The van der Waals surface area contributed by atoms with Crippen molar-refractivity contribution >= 4 is 17.3 Å². The molecule has 0 atom stereocenters. The molecule has 1 heterocycles. The zero-order chi connectivity index (χ0) is 13.8. The monoisotopic (exact) mass is 272 g/mol. The van der Waals surface area contributed by atoms with Gasteiger partial charge >= 0.3 is 0 Å². The van der Waals surface area contributed by atoms with Crippen LogP contribution in [0.5, 0.6) is 0 Å². The van der Waals surface area contributed by atoms with Crippen LogP contribution >= 0.6 is 0 Å². The normalized spacial score (nSPS) is 20.1. The molecule has 1 aliphatic heterocycles. The molecule has 2 aliphatic rings. The molecule has 0 aromatic heterocycles. The van der Waals surface area contributed by atoms with Crippen molar-refractivity contribution in [2.45, 2.75) is 44.9 Å². The summed E-state index contributed by atoms with van der Waals surface area (Å²) < 4.78 is 0. The number of nitrogens with zero attached hydrogens (tertiary/aromatic N) is 1. The molecule has 3 nitrogen and oxygen atoms in total. The molecule has 0 bridgehead atoms. The third kappa shape index (κ3) is 3.14. The van der Waals surface area contributed by atoms with Gasteiger partial charge in [-0.05, 0) is 49.9 Å². The maximum absolute atomic E-state index is 12.2. The molecule has 1 aliphatic carbocycles. The molecule has 0 radical (unpaired) electrons. The van der Waals surface area contributed by atoms with Crippen molar-refractivity contribution in [3.8, 4) is 0 Å². The lowest BCUT2D eigenvalue weighted by molar-refractivity contribution is -0.120. The van der Waals surface area contributed by atoms with Gasteiger partial charge in [-0.3, -0.25) is 4.79 Å². The molecule has 1 N–H and O–H groups in total. The van der Waals surface area contributed by atoms with Crippen molar-refractivity contribution in [1.29, 1.82) is 0 Å². The maximum Gasteiger partial charge on any atom is 0.227 e. The predicted molar refractivity (Wildman–Crippen MR) is 83.1 cm³/mol. The molecule has 1 aromatic rings. The molecule has 2 fully saturated rings. The number of amides is 1. The van der Waals surface area contributed by atoms with E-state index in [1.807, 2.05) is 12.1 Å². The van der Waals surface area contributed by atoms with Crippen LogP contribution in [0.2, 0.25) is 0 Å². The first-order chi connectivity index (χ1) is 9.83. The van der Waals surface area contributed by atoms with Gasteiger partial charge < -0.3 is 10.2 Å². The van der Waals surface area contributed by atoms with Gasteiger partial charge in [-0.15, -0.1) is 0 Å². The fourth-order valence-corrected chi connectivity index (χ4v) is 3.34. The van der Waals surface area contributed by atoms with Crippen LogP contribution in [0.3, 0.4) is 0 Å². The molecule has 3 heteroatoms. The Morgan fingerprint density at radius 1 is 0.950 bits per heavy atom. The lowest BCUT2D eigenvalue weighted by atomic mass is 9.88. The van der Waals surface area contributed by atoms with E-state index < -0.39 is 0 Å². The van der Waals surface area contributed by atoms with Gasteiger partial charge in [0.1, 0.15) is 0 Å². The Bertz CT molecular complexity index is 443. The number of carbonyl (C=O) groups is 1. The minimum absolute atomic E-state index is 0.207. The largest absolute Gasteiger partial charge is 0.372 e. The molecule has 0 unspecified atom stereocenters. The van der Waals surface area contributed by atoms with E-state index in [9.17, 15) is 4.79 Å². The number of anilines is 2. The second-order valence-electron chi connectivity index (χ2n) is 6.07. The molecular weight excluding hydrogens is 248 g/mol. The van der Waals surface area contributed by atoms with E-state index in [0.717, 1.165) is 31.6 Å². The van der Waals surface area contributed by atoms with Crippen molar-refractivity contribution in [1.82, 2.24) is 0 Å². The van der Waals surface area contributed by atoms with Crippen LogP contribution in [0, 0.1) is 5.92 Å². The Labute approximate surface area is 121 Å².